The summed E-state index contributed by atoms with van der Waals surface area (Å²) in [5.74, 6) is -0.652. The SMILES string of the molecule is CN1CCN(c2ccc(C(=O)Nc3n[nH]c4ccc(Cc5cccc(F)c5)cc34)c(NC(=O)c3ccc[nH]3)c2)CC1. The predicted octanol–water partition coefficient (Wildman–Crippen LogP) is 4.88. The number of likely N-dealkylation sites (N-methyl/N-ethyl adjacent to an activating group) is 1. The Labute approximate surface area is 236 Å². The van der Waals surface area contributed by atoms with Crippen LogP contribution in [0.1, 0.15) is 32.0 Å². The second kappa shape index (κ2) is 11.3. The van der Waals surface area contributed by atoms with Gasteiger partial charge in [-0.25, -0.2) is 4.39 Å². The lowest BCUT2D eigenvalue weighted by Crippen LogP contribution is -2.44. The molecule has 41 heavy (non-hydrogen) atoms. The van der Waals surface area contributed by atoms with E-state index in [0.29, 0.717) is 29.2 Å². The molecule has 3 aromatic carbocycles. The van der Waals surface area contributed by atoms with E-state index in [-0.39, 0.29) is 11.7 Å². The van der Waals surface area contributed by atoms with Gasteiger partial charge in [-0.3, -0.25) is 14.7 Å². The van der Waals surface area contributed by atoms with Gasteiger partial charge in [-0.1, -0.05) is 18.2 Å². The number of H-pyrrole nitrogens is 2. The van der Waals surface area contributed by atoms with Crippen LogP contribution in [0.2, 0.25) is 0 Å². The first-order valence-electron chi connectivity index (χ1n) is 13.5. The number of benzene rings is 3. The Hall–Kier alpha value is -4.96. The maximum absolute atomic E-state index is 13.7. The highest BCUT2D eigenvalue weighted by atomic mass is 19.1. The summed E-state index contributed by atoms with van der Waals surface area (Å²) in [4.78, 5) is 34.0. The average Bonchev–Trinajstić information content (AvgIpc) is 3.64. The third kappa shape index (κ3) is 5.82. The van der Waals surface area contributed by atoms with Gasteiger partial charge in [0, 0.05) is 43.4 Å². The fourth-order valence-electron chi connectivity index (χ4n) is 5.08. The maximum Gasteiger partial charge on any atom is 0.272 e. The van der Waals surface area contributed by atoms with Crippen molar-refractivity contribution in [2.75, 3.05) is 48.8 Å². The fraction of sp³-hybridized carbons (Fsp3) is 0.194. The summed E-state index contributed by atoms with van der Waals surface area (Å²) in [7, 11) is 2.09. The molecule has 5 aromatic rings. The molecule has 0 bridgehead atoms. The van der Waals surface area contributed by atoms with Gasteiger partial charge >= 0.3 is 0 Å². The zero-order chi connectivity index (χ0) is 28.3. The van der Waals surface area contributed by atoms with Gasteiger partial charge in [-0.2, -0.15) is 5.10 Å². The van der Waals surface area contributed by atoms with Crippen LogP contribution in [-0.2, 0) is 6.42 Å². The first kappa shape index (κ1) is 26.3. The minimum atomic E-state index is -0.402. The van der Waals surface area contributed by atoms with Gasteiger partial charge in [0.05, 0.1) is 16.8 Å². The van der Waals surface area contributed by atoms with Crippen LogP contribution < -0.4 is 15.5 Å². The van der Waals surface area contributed by atoms with Crippen LogP contribution in [0, 0.1) is 5.82 Å². The van der Waals surface area contributed by atoms with Crippen LogP contribution in [0.15, 0.2) is 79.0 Å². The second-order valence-corrected chi connectivity index (χ2v) is 10.3. The summed E-state index contributed by atoms with van der Waals surface area (Å²) in [6, 6.07) is 21.2. The van der Waals surface area contributed by atoms with Gasteiger partial charge in [0.25, 0.3) is 11.8 Å². The van der Waals surface area contributed by atoms with Crippen molar-refractivity contribution in [3.05, 3.63) is 107 Å². The van der Waals surface area contributed by atoms with E-state index in [1.54, 1.807) is 30.5 Å². The number of anilines is 3. The molecule has 1 saturated heterocycles. The van der Waals surface area contributed by atoms with Gasteiger partial charge in [0.2, 0.25) is 0 Å². The van der Waals surface area contributed by atoms with Crippen molar-refractivity contribution < 1.29 is 14.0 Å². The van der Waals surface area contributed by atoms with Crippen molar-refractivity contribution in [3.8, 4) is 0 Å². The number of carbonyl (C=O) groups excluding carboxylic acids is 2. The third-order valence-electron chi connectivity index (χ3n) is 7.36. The number of piperazine rings is 1. The molecule has 0 radical (unpaired) electrons. The van der Waals surface area contributed by atoms with Crippen molar-refractivity contribution in [1.82, 2.24) is 20.1 Å². The van der Waals surface area contributed by atoms with E-state index in [9.17, 15) is 14.0 Å². The quantitative estimate of drug-likeness (QED) is 0.231. The summed E-state index contributed by atoms with van der Waals surface area (Å²) < 4.78 is 13.7. The Morgan fingerprint density at radius 2 is 1.73 bits per heavy atom. The Morgan fingerprint density at radius 1 is 0.902 bits per heavy atom. The molecule has 1 aliphatic heterocycles. The van der Waals surface area contributed by atoms with E-state index in [2.05, 4.69) is 42.7 Å². The topological polar surface area (TPSA) is 109 Å². The zero-order valence-electron chi connectivity index (χ0n) is 22.6. The number of carbonyl (C=O) groups is 2. The lowest BCUT2D eigenvalue weighted by atomic mass is 10.0. The summed E-state index contributed by atoms with van der Waals surface area (Å²) >= 11 is 0. The molecule has 0 atom stereocenters. The minimum Gasteiger partial charge on any atom is -0.369 e. The van der Waals surface area contributed by atoms with E-state index in [1.807, 2.05) is 36.4 Å². The molecular formula is C31H30FN7O2. The number of rotatable bonds is 7. The van der Waals surface area contributed by atoms with Gasteiger partial charge in [0.1, 0.15) is 11.5 Å². The van der Waals surface area contributed by atoms with Gasteiger partial charge in [-0.15, -0.1) is 0 Å². The highest BCUT2D eigenvalue weighted by Crippen LogP contribution is 2.28. The predicted molar refractivity (Wildman–Crippen MR) is 158 cm³/mol. The molecule has 0 aliphatic carbocycles. The summed E-state index contributed by atoms with van der Waals surface area (Å²) in [5, 5.41) is 13.8. The van der Waals surface area contributed by atoms with Crippen LogP contribution in [0.5, 0.6) is 0 Å². The lowest BCUT2D eigenvalue weighted by Gasteiger charge is -2.34. The number of halogens is 1. The molecular weight excluding hydrogens is 521 g/mol. The van der Waals surface area contributed by atoms with E-state index in [1.165, 1.54) is 12.1 Å². The highest BCUT2D eigenvalue weighted by molar-refractivity contribution is 6.14. The molecule has 4 N–H and O–H groups in total. The molecule has 0 spiro atoms. The van der Waals surface area contributed by atoms with Crippen molar-refractivity contribution >= 4 is 39.9 Å². The van der Waals surface area contributed by atoms with Crippen LogP contribution >= 0.6 is 0 Å². The lowest BCUT2D eigenvalue weighted by molar-refractivity contribution is 0.102. The van der Waals surface area contributed by atoms with Crippen molar-refractivity contribution in [2.24, 2.45) is 0 Å². The third-order valence-corrected chi connectivity index (χ3v) is 7.36. The normalized spacial score (nSPS) is 13.9. The monoisotopic (exact) mass is 551 g/mol. The molecule has 0 saturated carbocycles. The fourth-order valence-corrected chi connectivity index (χ4v) is 5.08. The molecule has 0 unspecified atom stereocenters. The standard InChI is InChI=1S/C31H30FN7O2/c1-38-12-14-39(15-13-38)23-8-9-24(28(19-23)34-31(41)27-6-3-11-33-27)30(40)35-29-25-18-21(7-10-26(25)36-37-29)16-20-4-2-5-22(32)17-20/h2-11,17-19,33H,12-16H2,1H3,(H,34,41)(H2,35,36,37,40). The molecule has 2 amide bonds. The van der Waals surface area contributed by atoms with Crippen LogP contribution in [0.3, 0.4) is 0 Å². The Balaban J connectivity index is 1.28. The van der Waals surface area contributed by atoms with E-state index in [4.69, 9.17) is 0 Å². The number of fused-ring (bicyclic) bond motifs is 1. The molecule has 3 heterocycles. The van der Waals surface area contributed by atoms with Crippen molar-refractivity contribution in [1.29, 1.82) is 0 Å². The van der Waals surface area contributed by atoms with Gasteiger partial charge < -0.3 is 25.4 Å². The number of nitrogens with one attached hydrogen (secondary N) is 4. The molecule has 1 aliphatic rings. The Bertz CT molecular complexity index is 1710. The summed E-state index contributed by atoms with van der Waals surface area (Å²) in [6.07, 6.45) is 2.21. The smallest absolute Gasteiger partial charge is 0.272 e. The minimum absolute atomic E-state index is 0.280. The maximum atomic E-state index is 13.7. The van der Waals surface area contributed by atoms with Crippen LogP contribution in [-0.4, -0.2) is 65.1 Å². The molecule has 1 fully saturated rings. The first-order chi connectivity index (χ1) is 19.9. The second-order valence-electron chi connectivity index (χ2n) is 10.3. The molecule has 10 heteroatoms. The first-order valence-corrected chi connectivity index (χ1v) is 13.5. The summed E-state index contributed by atoms with van der Waals surface area (Å²) in [5.41, 5.74) is 4.61. The van der Waals surface area contributed by atoms with Gasteiger partial charge in [0.15, 0.2) is 5.82 Å². The number of amides is 2. The Kier molecular flexibility index (Phi) is 7.22. The molecule has 2 aromatic heterocycles. The summed E-state index contributed by atoms with van der Waals surface area (Å²) in [6.45, 7) is 3.56. The molecule has 9 nitrogen and oxygen atoms in total. The number of aromatic amines is 2. The number of hydrogen-bond donors (Lipinski definition) is 4. The largest absolute Gasteiger partial charge is 0.369 e. The number of aromatic nitrogens is 3. The molecule has 6 rings (SSSR count). The average molecular weight is 552 g/mol. The van der Waals surface area contributed by atoms with E-state index < -0.39 is 5.91 Å². The molecule has 208 valence electrons. The van der Waals surface area contributed by atoms with Crippen LogP contribution in [0.25, 0.3) is 10.9 Å². The van der Waals surface area contributed by atoms with E-state index in [0.717, 1.165) is 53.9 Å². The van der Waals surface area contributed by atoms with Crippen molar-refractivity contribution in [2.45, 2.75) is 6.42 Å². The Morgan fingerprint density at radius 3 is 2.51 bits per heavy atom. The van der Waals surface area contributed by atoms with Crippen molar-refractivity contribution in [3.63, 3.8) is 0 Å². The van der Waals surface area contributed by atoms with Gasteiger partial charge in [-0.05, 0) is 79.2 Å². The van der Waals surface area contributed by atoms with E-state index >= 15 is 0 Å². The van der Waals surface area contributed by atoms with Crippen LogP contribution in [0.4, 0.5) is 21.6 Å². The highest BCUT2D eigenvalue weighted by Gasteiger charge is 2.21. The number of nitrogens with zero attached hydrogens (tertiary/aromatic N) is 3. The zero-order valence-corrected chi connectivity index (χ0v) is 22.6. The number of hydrogen-bond acceptors (Lipinski definition) is 5.